The van der Waals surface area contributed by atoms with Crippen LogP contribution in [0.15, 0.2) is 54.6 Å². The predicted molar refractivity (Wildman–Crippen MR) is 78.8 cm³/mol. The zero-order valence-electron chi connectivity index (χ0n) is 11.6. The lowest BCUT2D eigenvalue weighted by Gasteiger charge is -2.23. The number of hydrogen-bond acceptors (Lipinski definition) is 3. The van der Waals surface area contributed by atoms with Crippen LogP contribution in [0.3, 0.4) is 0 Å². The van der Waals surface area contributed by atoms with E-state index in [1.54, 1.807) is 31.2 Å². The molecule has 0 saturated carbocycles. The zero-order chi connectivity index (χ0) is 15.3. The summed E-state index contributed by atoms with van der Waals surface area (Å²) in [6, 6.07) is 14.6. The maximum Gasteiger partial charge on any atom is 0.241 e. The van der Waals surface area contributed by atoms with Gasteiger partial charge in [-0.3, -0.25) is 15.6 Å². The summed E-state index contributed by atoms with van der Waals surface area (Å²) in [6.07, 6.45) is -0.0921. The molecule has 1 unspecified atom stereocenters. The van der Waals surface area contributed by atoms with E-state index in [4.69, 9.17) is 0 Å². The van der Waals surface area contributed by atoms with Gasteiger partial charge >= 0.3 is 0 Å². The van der Waals surface area contributed by atoms with Crippen LogP contribution in [0.5, 0.6) is 0 Å². The summed E-state index contributed by atoms with van der Waals surface area (Å²) in [5.41, 5.74) is 5.11. The fourth-order valence-corrected chi connectivity index (χ4v) is 1.93. The molecule has 21 heavy (non-hydrogen) atoms. The number of rotatable bonds is 5. The molecular formula is C16H17FN2O2. The molecule has 0 aliphatic rings. The van der Waals surface area contributed by atoms with Crippen molar-refractivity contribution in [1.29, 1.82) is 0 Å². The van der Waals surface area contributed by atoms with Gasteiger partial charge in [0.25, 0.3) is 0 Å². The minimum Gasteiger partial charge on any atom is -0.385 e. The first-order chi connectivity index (χ1) is 9.97. The van der Waals surface area contributed by atoms with Crippen LogP contribution in [0.1, 0.15) is 18.9 Å². The maximum absolute atomic E-state index is 12.7. The van der Waals surface area contributed by atoms with E-state index in [1.807, 2.05) is 6.07 Å². The molecule has 0 heterocycles. The van der Waals surface area contributed by atoms with Gasteiger partial charge in [0.1, 0.15) is 5.82 Å². The average molecular weight is 288 g/mol. The van der Waals surface area contributed by atoms with Gasteiger partial charge in [0, 0.05) is 0 Å². The van der Waals surface area contributed by atoms with Crippen molar-refractivity contribution in [2.75, 3.05) is 5.43 Å². The first-order valence-electron chi connectivity index (χ1n) is 6.56. The van der Waals surface area contributed by atoms with E-state index in [-0.39, 0.29) is 18.1 Å². The van der Waals surface area contributed by atoms with E-state index in [0.717, 1.165) is 0 Å². The van der Waals surface area contributed by atoms with Crippen LogP contribution >= 0.6 is 0 Å². The van der Waals surface area contributed by atoms with E-state index in [0.29, 0.717) is 11.3 Å². The average Bonchev–Trinajstić information content (AvgIpc) is 2.47. The molecule has 3 N–H and O–H groups in total. The standard InChI is InChI=1S/C16H17FN2O2/c1-16(21,12-5-3-2-4-6-12)11-15(20)19-18-14-9-7-13(17)8-10-14/h2-10,18,21H,11H2,1H3,(H,19,20). The SMILES string of the molecule is CC(O)(CC(=O)NNc1ccc(F)cc1)c1ccccc1. The molecule has 110 valence electrons. The number of hydrazine groups is 1. The summed E-state index contributed by atoms with van der Waals surface area (Å²) in [4.78, 5) is 11.9. The van der Waals surface area contributed by atoms with Gasteiger partial charge in [-0.15, -0.1) is 0 Å². The zero-order valence-corrected chi connectivity index (χ0v) is 11.6. The third-order valence-corrected chi connectivity index (χ3v) is 3.09. The second kappa shape index (κ2) is 6.37. The van der Waals surface area contributed by atoms with E-state index in [1.165, 1.54) is 24.3 Å². The first kappa shape index (κ1) is 15.0. The Morgan fingerprint density at radius 2 is 1.76 bits per heavy atom. The van der Waals surface area contributed by atoms with Gasteiger partial charge in [0.2, 0.25) is 5.91 Å². The molecule has 2 aromatic rings. The van der Waals surface area contributed by atoms with E-state index < -0.39 is 5.60 Å². The minimum absolute atomic E-state index is 0.0921. The number of benzene rings is 2. The third kappa shape index (κ3) is 4.29. The van der Waals surface area contributed by atoms with Crippen LogP contribution in [-0.2, 0) is 10.4 Å². The van der Waals surface area contributed by atoms with Gasteiger partial charge in [0.15, 0.2) is 0 Å². The molecule has 1 atom stereocenters. The highest BCUT2D eigenvalue weighted by atomic mass is 19.1. The molecule has 4 nitrogen and oxygen atoms in total. The van der Waals surface area contributed by atoms with Gasteiger partial charge in [-0.05, 0) is 36.8 Å². The molecular weight excluding hydrogens is 271 g/mol. The summed E-state index contributed by atoms with van der Waals surface area (Å²) in [5, 5.41) is 10.4. The van der Waals surface area contributed by atoms with E-state index in [2.05, 4.69) is 10.9 Å². The Bertz CT molecular complexity index is 597. The summed E-state index contributed by atoms with van der Waals surface area (Å²) in [6.45, 7) is 1.58. The normalized spacial score (nSPS) is 13.3. The van der Waals surface area contributed by atoms with Crippen molar-refractivity contribution in [2.24, 2.45) is 0 Å². The Morgan fingerprint density at radius 3 is 2.38 bits per heavy atom. The fraction of sp³-hybridized carbons (Fsp3) is 0.188. The smallest absolute Gasteiger partial charge is 0.241 e. The number of carbonyl (C=O) groups is 1. The van der Waals surface area contributed by atoms with Crippen LogP contribution in [-0.4, -0.2) is 11.0 Å². The lowest BCUT2D eigenvalue weighted by Crippen LogP contribution is -2.35. The van der Waals surface area contributed by atoms with Crippen molar-refractivity contribution in [1.82, 2.24) is 5.43 Å². The topological polar surface area (TPSA) is 61.4 Å². The monoisotopic (exact) mass is 288 g/mol. The molecule has 0 saturated heterocycles. The number of anilines is 1. The molecule has 0 aliphatic carbocycles. The summed E-state index contributed by atoms with van der Waals surface area (Å²) < 4.78 is 12.7. The van der Waals surface area contributed by atoms with Crippen LogP contribution in [0, 0.1) is 5.82 Å². The largest absolute Gasteiger partial charge is 0.385 e. The highest BCUT2D eigenvalue weighted by molar-refractivity contribution is 5.78. The Hall–Kier alpha value is -2.40. The van der Waals surface area contributed by atoms with Crippen LogP contribution in [0.25, 0.3) is 0 Å². The number of aliphatic hydroxyl groups is 1. The number of halogens is 1. The minimum atomic E-state index is -1.25. The Labute approximate surface area is 122 Å². The van der Waals surface area contributed by atoms with Crippen LogP contribution in [0.2, 0.25) is 0 Å². The fourth-order valence-electron chi connectivity index (χ4n) is 1.93. The third-order valence-electron chi connectivity index (χ3n) is 3.09. The molecule has 0 spiro atoms. The first-order valence-corrected chi connectivity index (χ1v) is 6.56. The Morgan fingerprint density at radius 1 is 1.14 bits per heavy atom. The summed E-state index contributed by atoms with van der Waals surface area (Å²) >= 11 is 0. The maximum atomic E-state index is 12.7. The van der Waals surface area contributed by atoms with Crippen molar-refractivity contribution in [3.05, 3.63) is 66.0 Å². The van der Waals surface area contributed by atoms with Gasteiger partial charge in [-0.1, -0.05) is 30.3 Å². The predicted octanol–water partition coefficient (Wildman–Crippen LogP) is 2.57. The number of carbonyl (C=O) groups excluding carboxylic acids is 1. The molecule has 1 amide bonds. The van der Waals surface area contributed by atoms with Crippen LogP contribution in [0.4, 0.5) is 10.1 Å². The van der Waals surface area contributed by atoms with Crippen molar-refractivity contribution >= 4 is 11.6 Å². The highest BCUT2D eigenvalue weighted by Crippen LogP contribution is 2.23. The second-order valence-corrected chi connectivity index (χ2v) is 5.00. The molecule has 2 rings (SSSR count). The Kier molecular flexibility index (Phi) is 4.55. The quantitative estimate of drug-likeness (QED) is 0.741. The molecule has 0 bridgehead atoms. The lowest BCUT2D eigenvalue weighted by atomic mass is 9.92. The van der Waals surface area contributed by atoms with Crippen molar-refractivity contribution < 1.29 is 14.3 Å². The van der Waals surface area contributed by atoms with Crippen molar-refractivity contribution in [2.45, 2.75) is 18.9 Å². The van der Waals surface area contributed by atoms with E-state index in [9.17, 15) is 14.3 Å². The second-order valence-electron chi connectivity index (χ2n) is 5.00. The van der Waals surface area contributed by atoms with Crippen molar-refractivity contribution in [3.8, 4) is 0 Å². The lowest BCUT2D eigenvalue weighted by molar-refractivity contribution is -0.125. The van der Waals surface area contributed by atoms with Gasteiger partial charge in [0.05, 0.1) is 17.7 Å². The summed E-state index contributed by atoms with van der Waals surface area (Å²) in [7, 11) is 0. The van der Waals surface area contributed by atoms with Gasteiger partial charge in [-0.2, -0.15) is 0 Å². The van der Waals surface area contributed by atoms with Gasteiger partial charge < -0.3 is 5.11 Å². The molecule has 0 fully saturated rings. The van der Waals surface area contributed by atoms with Crippen molar-refractivity contribution in [3.63, 3.8) is 0 Å². The number of amides is 1. The van der Waals surface area contributed by atoms with E-state index >= 15 is 0 Å². The molecule has 0 aromatic heterocycles. The highest BCUT2D eigenvalue weighted by Gasteiger charge is 2.26. The Balaban J connectivity index is 1.91. The number of hydrogen-bond donors (Lipinski definition) is 3. The molecule has 2 aromatic carbocycles. The van der Waals surface area contributed by atoms with Gasteiger partial charge in [-0.25, -0.2) is 4.39 Å². The molecule has 5 heteroatoms. The van der Waals surface area contributed by atoms with Crippen LogP contribution < -0.4 is 10.9 Å². The number of nitrogens with one attached hydrogen (secondary N) is 2. The summed E-state index contributed by atoms with van der Waals surface area (Å²) in [5.74, 6) is -0.716. The molecule has 0 aliphatic heterocycles. The molecule has 0 radical (unpaired) electrons.